The second kappa shape index (κ2) is 6.49. The maximum Gasteiger partial charge on any atom is 0.227 e. The Morgan fingerprint density at radius 1 is 1.18 bits per heavy atom. The molecule has 0 spiro atoms. The average molecular weight is 318 g/mol. The number of likely N-dealkylation sites (tertiary alicyclic amines) is 1. The summed E-state index contributed by atoms with van der Waals surface area (Å²) in [5.41, 5.74) is 1.54. The molecule has 3 rings (SSSR count). The highest BCUT2D eigenvalue weighted by Crippen LogP contribution is 2.33. The topological polar surface area (TPSA) is 20.3 Å². The van der Waals surface area contributed by atoms with Crippen LogP contribution in [0.3, 0.4) is 0 Å². The molecule has 1 heterocycles. The summed E-state index contributed by atoms with van der Waals surface area (Å²) in [6.45, 7) is 0.686. The minimum Gasteiger partial charge on any atom is -0.335 e. The lowest BCUT2D eigenvalue weighted by Crippen LogP contribution is -2.32. The van der Waals surface area contributed by atoms with Crippen molar-refractivity contribution in [2.45, 2.75) is 25.3 Å². The van der Waals surface area contributed by atoms with Crippen LogP contribution in [-0.2, 0) is 11.2 Å². The fraction of sp³-hybridized carbons (Fsp3) is 0.278. The van der Waals surface area contributed by atoms with Gasteiger partial charge in [-0.3, -0.25) is 4.79 Å². The maximum atomic E-state index is 14.0. The van der Waals surface area contributed by atoms with Crippen molar-refractivity contribution in [2.75, 3.05) is 6.54 Å². The van der Waals surface area contributed by atoms with E-state index in [0.717, 1.165) is 18.4 Å². The minimum absolute atomic E-state index is 0.0353. The van der Waals surface area contributed by atoms with Gasteiger partial charge in [0.15, 0.2) is 0 Å². The number of amides is 1. The first-order valence-electron chi connectivity index (χ1n) is 7.43. The van der Waals surface area contributed by atoms with Gasteiger partial charge in [-0.05, 0) is 36.6 Å². The van der Waals surface area contributed by atoms with Crippen LogP contribution >= 0.6 is 11.6 Å². The van der Waals surface area contributed by atoms with Gasteiger partial charge in [0.05, 0.1) is 12.5 Å². The minimum atomic E-state index is -0.237. The molecule has 1 aliphatic heterocycles. The van der Waals surface area contributed by atoms with E-state index in [9.17, 15) is 9.18 Å². The van der Waals surface area contributed by atoms with Crippen LogP contribution in [0.4, 0.5) is 4.39 Å². The summed E-state index contributed by atoms with van der Waals surface area (Å²) in [5, 5.41) is 0.654. The predicted octanol–water partition coefficient (Wildman–Crippen LogP) is 4.39. The van der Waals surface area contributed by atoms with Crippen LogP contribution in [0.5, 0.6) is 0 Å². The van der Waals surface area contributed by atoms with Crippen molar-refractivity contribution in [3.63, 3.8) is 0 Å². The van der Waals surface area contributed by atoms with Crippen molar-refractivity contribution in [1.29, 1.82) is 0 Å². The normalized spacial score (nSPS) is 17.7. The standard InChI is InChI=1S/C18H17ClFNO/c19-14-9-7-13(8-10-14)12-18(22)21-11-3-6-17(21)15-4-1-2-5-16(15)20/h1-2,4-5,7-10,17H,3,6,11-12H2/t17-/m0/s1. The smallest absolute Gasteiger partial charge is 0.227 e. The van der Waals surface area contributed by atoms with Crippen LogP contribution in [0.25, 0.3) is 0 Å². The van der Waals surface area contributed by atoms with E-state index in [1.807, 2.05) is 18.2 Å². The van der Waals surface area contributed by atoms with Crippen LogP contribution < -0.4 is 0 Å². The van der Waals surface area contributed by atoms with Crippen LogP contribution in [-0.4, -0.2) is 17.4 Å². The molecule has 2 aromatic carbocycles. The van der Waals surface area contributed by atoms with Gasteiger partial charge in [0.25, 0.3) is 0 Å². The molecule has 114 valence electrons. The van der Waals surface area contributed by atoms with Gasteiger partial charge in [-0.1, -0.05) is 41.9 Å². The van der Waals surface area contributed by atoms with Gasteiger partial charge < -0.3 is 4.90 Å². The van der Waals surface area contributed by atoms with Crippen LogP contribution in [0, 0.1) is 5.82 Å². The highest BCUT2D eigenvalue weighted by molar-refractivity contribution is 6.30. The van der Waals surface area contributed by atoms with E-state index in [1.54, 1.807) is 29.2 Å². The first-order valence-corrected chi connectivity index (χ1v) is 7.81. The maximum absolute atomic E-state index is 14.0. The first-order chi connectivity index (χ1) is 10.6. The highest BCUT2D eigenvalue weighted by Gasteiger charge is 2.31. The molecule has 0 bridgehead atoms. The molecular weight excluding hydrogens is 301 g/mol. The Bertz CT molecular complexity index is 671. The number of halogens is 2. The summed E-state index contributed by atoms with van der Waals surface area (Å²) >= 11 is 5.86. The fourth-order valence-corrected chi connectivity index (χ4v) is 3.14. The van der Waals surface area contributed by atoms with E-state index in [4.69, 9.17) is 11.6 Å². The molecule has 1 atom stereocenters. The number of hydrogen-bond donors (Lipinski definition) is 0. The van der Waals surface area contributed by atoms with Crippen molar-refractivity contribution in [1.82, 2.24) is 4.90 Å². The third kappa shape index (κ3) is 3.14. The highest BCUT2D eigenvalue weighted by atomic mass is 35.5. The zero-order valence-corrected chi connectivity index (χ0v) is 12.9. The molecule has 1 saturated heterocycles. The summed E-state index contributed by atoms with van der Waals surface area (Å²) in [5.74, 6) is -0.202. The van der Waals surface area contributed by atoms with Crippen LogP contribution in [0.2, 0.25) is 5.02 Å². The quantitative estimate of drug-likeness (QED) is 0.822. The number of rotatable bonds is 3. The summed E-state index contributed by atoms with van der Waals surface area (Å²) < 4.78 is 14.0. The Kier molecular flexibility index (Phi) is 4.44. The summed E-state index contributed by atoms with van der Waals surface area (Å²) in [4.78, 5) is 14.4. The molecule has 4 heteroatoms. The number of hydrogen-bond acceptors (Lipinski definition) is 1. The third-order valence-electron chi connectivity index (χ3n) is 4.11. The molecular formula is C18H17ClFNO. The van der Waals surface area contributed by atoms with E-state index in [-0.39, 0.29) is 17.8 Å². The van der Waals surface area contributed by atoms with Crippen molar-refractivity contribution >= 4 is 17.5 Å². The molecule has 1 fully saturated rings. The second-order valence-corrected chi connectivity index (χ2v) is 6.01. The molecule has 0 radical (unpaired) electrons. The SMILES string of the molecule is O=C(Cc1ccc(Cl)cc1)N1CCC[C@H]1c1ccccc1F. The van der Waals surface area contributed by atoms with E-state index >= 15 is 0 Å². The molecule has 0 saturated carbocycles. The Morgan fingerprint density at radius 2 is 1.91 bits per heavy atom. The summed E-state index contributed by atoms with van der Waals surface area (Å²) in [6.07, 6.45) is 2.04. The van der Waals surface area contributed by atoms with Crippen LogP contribution in [0.1, 0.15) is 30.0 Å². The van der Waals surface area contributed by atoms with E-state index in [0.29, 0.717) is 23.6 Å². The van der Waals surface area contributed by atoms with Gasteiger partial charge >= 0.3 is 0 Å². The lowest BCUT2D eigenvalue weighted by atomic mass is 10.0. The van der Waals surface area contributed by atoms with Gasteiger partial charge in [-0.15, -0.1) is 0 Å². The van der Waals surface area contributed by atoms with Crippen molar-refractivity contribution in [3.05, 3.63) is 70.5 Å². The fourth-order valence-electron chi connectivity index (χ4n) is 3.01. The number of benzene rings is 2. The van der Waals surface area contributed by atoms with Crippen molar-refractivity contribution in [2.24, 2.45) is 0 Å². The molecule has 0 aliphatic carbocycles. The monoisotopic (exact) mass is 317 g/mol. The zero-order valence-electron chi connectivity index (χ0n) is 12.1. The van der Waals surface area contributed by atoms with Crippen molar-refractivity contribution in [3.8, 4) is 0 Å². The first kappa shape index (κ1) is 15.0. The van der Waals surface area contributed by atoms with E-state index in [2.05, 4.69) is 0 Å². The Hall–Kier alpha value is -1.87. The average Bonchev–Trinajstić information content (AvgIpc) is 2.99. The Morgan fingerprint density at radius 3 is 2.64 bits per heavy atom. The Labute approximate surface area is 134 Å². The second-order valence-electron chi connectivity index (χ2n) is 5.57. The van der Waals surface area contributed by atoms with Gasteiger partial charge in [-0.2, -0.15) is 0 Å². The zero-order chi connectivity index (χ0) is 15.5. The number of carbonyl (C=O) groups is 1. The summed E-state index contributed by atoms with van der Waals surface area (Å²) in [6, 6.07) is 13.8. The third-order valence-corrected chi connectivity index (χ3v) is 4.36. The van der Waals surface area contributed by atoms with Gasteiger partial charge in [0, 0.05) is 17.1 Å². The number of carbonyl (C=O) groups excluding carboxylic acids is 1. The predicted molar refractivity (Wildman–Crippen MR) is 85.2 cm³/mol. The van der Waals surface area contributed by atoms with E-state index in [1.165, 1.54) is 6.07 Å². The number of nitrogens with zero attached hydrogens (tertiary/aromatic N) is 1. The molecule has 1 aliphatic rings. The lowest BCUT2D eigenvalue weighted by Gasteiger charge is -2.25. The van der Waals surface area contributed by atoms with Gasteiger partial charge in [0.1, 0.15) is 5.82 Å². The van der Waals surface area contributed by atoms with Crippen LogP contribution in [0.15, 0.2) is 48.5 Å². The van der Waals surface area contributed by atoms with Gasteiger partial charge in [0.2, 0.25) is 5.91 Å². The molecule has 0 unspecified atom stereocenters. The molecule has 1 amide bonds. The lowest BCUT2D eigenvalue weighted by molar-refractivity contribution is -0.131. The van der Waals surface area contributed by atoms with Gasteiger partial charge in [-0.25, -0.2) is 4.39 Å². The Balaban J connectivity index is 1.76. The summed E-state index contributed by atoms with van der Waals surface area (Å²) in [7, 11) is 0. The molecule has 0 N–H and O–H groups in total. The van der Waals surface area contributed by atoms with E-state index < -0.39 is 0 Å². The van der Waals surface area contributed by atoms with Crippen molar-refractivity contribution < 1.29 is 9.18 Å². The largest absolute Gasteiger partial charge is 0.335 e. The molecule has 2 aromatic rings. The molecule has 0 aromatic heterocycles. The molecule has 2 nitrogen and oxygen atoms in total. The molecule has 22 heavy (non-hydrogen) atoms.